The van der Waals surface area contributed by atoms with E-state index in [1.165, 1.54) is 4.90 Å². The fraction of sp³-hybridized carbons (Fsp3) is 0.733. The van der Waals surface area contributed by atoms with Crippen molar-refractivity contribution in [2.45, 2.75) is 91.8 Å². The van der Waals surface area contributed by atoms with Gasteiger partial charge in [-0.25, -0.2) is 4.79 Å². The summed E-state index contributed by atoms with van der Waals surface area (Å²) in [5.74, 6) is 1.49. The van der Waals surface area contributed by atoms with E-state index >= 15 is 0 Å². The molecule has 1 fully saturated rings. The van der Waals surface area contributed by atoms with Gasteiger partial charge in [-0.2, -0.15) is 0 Å². The van der Waals surface area contributed by atoms with Crippen LogP contribution in [0.2, 0.25) is 0 Å². The number of esters is 1. The van der Waals surface area contributed by atoms with Gasteiger partial charge < -0.3 is 24.1 Å². The van der Waals surface area contributed by atoms with Crippen LogP contribution in [0.1, 0.15) is 73.3 Å². The van der Waals surface area contributed by atoms with E-state index in [9.17, 15) is 14.7 Å². The first kappa shape index (κ1) is 31.7. The molecule has 1 aromatic carbocycles. The lowest BCUT2D eigenvalue weighted by Gasteiger charge is -2.43. The van der Waals surface area contributed by atoms with E-state index in [1.54, 1.807) is 14.2 Å². The minimum atomic E-state index is -0.995. The summed E-state index contributed by atoms with van der Waals surface area (Å²) < 4.78 is 22.5. The molecule has 1 aliphatic heterocycles. The van der Waals surface area contributed by atoms with Crippen LogP contribution in [0.5, 0.6) is 11.5 Å². The molecule has 0 saturated carbocycles. The predicted octanol–water partition coefficient (Wildman–Crippen LogP) is 6.05. The lowest BCUT2D eigenvalue weighted by molar-refractivity contribution is -0.148. The molecular weight excluding hydrogens is 486 g/mol. The first-order valence-electron chi connectivity index (χ1n) is 13.8. The molecule has 216 valence electrons. The summed E-state index contributed by atoms with van der Waals surface area (Å²) in [5.41, 5.74) is 0.440. The molecule has 0 spiro atoms. The van der Waals surface area contributed by atoms with Gasteiger partial charge in [-0.05, 0) is 75.5 Å². The minimum Gasteiger partial charge on any atom is -0.493 e. The Balaban J connectivity index is 2.35. The van der Waals surface area contributed by atoms with Crippen molar-refractivity contribution < 1.29 is 33.6 Å². The number of benzene rings is 1. The topological polar surface area (TPSA) is 94.5 Å². The van der Waals surface area contributed by atoms with Crippen molar-refractivity contribution >= 4 is 12.1 Å². The normalized spacial score (nSPS) is 19.4. The van der Waals surface area contributed by atoms with Gasteiger partial charge in [-0.3, -0.25) is 9.69 Å². The molecule has 8 nitrogen and oxygen atoms in total. The van der Waals surface area contributed by atoms with Gasteiger partial charge in [0.2, 0.25) is 0 Å². The Hall–Kier alpha value is -2.48. The van der Waals surface area contributed by atoms with Gasteiger partial charge in [-0.15, -0.1) is 0 Å². The summed E-state index contributed by atoms with van der Waals surface area (Å²) in [6.07, 6.45) is 1.16. The number of methoxy groups -OCH3 is 2. The number of hydrogen-bond donors (Lipinski definition) is 1. The number of carboxylic acid groups (broad SMARTS) is 1. The van der Waals surface area contributed by atoms with Crippen LogP contribution < -0.4 is 9.47 Å². The van der Waals surface area contributed by atoms with Crippen LogP contribution >= 0.6 is 0 Å². The van der Waals surface area contributed by atoms with E-state index < -0.39 is 23.8 Å². The van der Waals surface area contributed by atoms with Gasteiger partial charge in [0.1, 0.15) is 6.10 Å². The molecule has 1 aliphatic rings. The van der Waals surface area contributed by atoms with Crippen molar-refractivity contribution in [1.29, 1.82) is 0 Å². The Morgan fingerprint density at radius 3 is 2.32 bits per heavy atom. The largest absolute Gasteiger partial charge is 0.493 e. The van der Waals surface area contributed by atoms with E-state index in [2.05, 4.69) is 13.8 Å². The number of rotatable bonds is 14. The summed E-state index contributed by atoms with van der Waals surface area (Å²) in [6, 6.07) is 5.52. The van der Waals surface area contributed by atoms with Crippen LogP contribution in [0.25, 0.3) is 0 Å². The molecule has 1 amide bonds. The molecule has 4 atom stereocenters. The second kappa shape index (κ2) is 14.1. The third kappa shape index (κ3) is 8.52. The highest BCUT2D eigenvalue weighted by molar-refractivity contribution is 5.75. The predicted molar refractivity (Wildman–Crippen MR) is 148 cm³/mol. The van der Waals surface area contributed by atoms with Crippen LogP contribution in [0.15, 0.2) is 18.2 Å². The lowest BCUT2D eigenvalue weighted by Crippen LogP contribution is -2.56. The summed E-state index contributed by atoms with van der Waals surface area (Å²) in [6.45, 7) is 15.2. The molecule has 1 aromatic rings. The molecule has 8 heteroatoms. The summed E-state index contributed by atoms with van der Waals surface area (Å²) in [7, 11) is 3.29. The molecule has 38 heavy (non-hydrogen) atoms. The first-order valence-corrected chi connectivity index (χ1v) is 13.8. The van der Waals surface area contributed by atoms with Gasteiger partial charge in [0.25, 0.3) is 0 Å². The van der Waals surface area contributed by atoms with Crippen molar-refractivity contribution in [1.82, 2.24) is 4.90 Å². The number of carbonyl (C=O) groups excluding carboxylic acids is 1. The number of ether oxygens (including phenoxy) is 4. The van der Waals surface area contributed by atoms with E-state index in [0.29, 0.717) is 37.6 Å². The smallest absolute Gasteiger partial charge is 0.408 e. The number of amides is 1. The Kier molecular flexibility index (Phi) is 11.7. The second-order valence-corrected chi connectivity index (χ2v) is 12.1. The van der Waals surface area contributed by atoms with Crippen molar-refractivity contribution in [2.75, 3.05) is 27.4 Å². The van der Waals surface area contributed by atoms with Crippen LogP contribution in [-0.2, 0) is 20.7 Å². The van der Waals surface area contributed by atoms with Gasteiger partial charge in [-0.1, -0.05) is 33.8 Å². The Morgan fingerprint density at radius 1 is 1.13 bits per heavy atom. The molecule has 1 heterocycles. The third-order valence-corrected chi connectivity index (χ3v) is 7.51. The Bertz CT molecular complexity index is 908. The molecule has 2 rings (SSSR count). The summed E-state index contributed by atoms with van der Waals surface area (Å²) in [5, 5.41) is 10.3. The minimum absolute atomic E-state index is 0.142. The standard InChI is InChI=1S/C30H49NO7/c1-19(2)22(15-21-11-12-25(36-9)27(16-21)37-14-10-13-35-8)17-24(31(29(33)34)30(5,6)7)26-18-23(20(3)4)28(32)38-26/h11-12,16,19-20,22-24,26H,10,13-15,17-18H2,1-9H3,(H,33,34)/t22-,23+,24+,26+/m1/s1. The summed E-state index contributed by atoms with van der Waals surface area (Å²) in [4.78, 5) is 26.7. The fourth-order valence-electron chi connectivity index (χ4n) is 5.31. The monoisotopic (exact) mass is 535 g/mol. The number of hydrogen-bond acceptors (Lipinski definition) is 6. The second-order valence-electron chi connectivity index (χ2n) is 12.1. The van der Waals surface area contributed by atoms with Gasteiger partial charge in [0, 0.05) is 25.7 Å². The molecule has 0 aromatic heterocycles. The van der Waals surface area contributed by atoms with Gasteiger partial charge in [0.05, 0.1) is 25.7 Å². The molecule has 1 saturated heterocycles. The van der Waals surface area contributed by atoms with E-state index in [4.69, 9.17) is 18.9 Å². The maximum atomic E-state index is 12.7. The SMILES string of the molecule is COCCCOc1cc(C[C@H](C[C@@H]([C@@H]2C[C@@H](C(C)C)C(=O)O2)N(C(=O)O)C(C)(C)C)C(C)C)ccc1OC. The quantitative estimate of drug-likeness (QED) is 0.229. The van der Waals surface area contributed by atoms with Crippen LogP contribution in [-0.4, -0.2) is 67.2 Å². The maximum Gasteiger partial charge on any atom is 0.408 e. The lowest BCUT2D eigenvalue weighted by atomic mass is 9.80. The van der Waals surface area contributed by atoms with Crippen LogP contribution in [0.3, 0.4) is 0 Å². The van der Waals surface area contributed by atoms with Crippen molar-refractivity contribution in [2.24, 2.45) is 23.7 Å². The van der Waals surface area contributed by atoms with Crippen molar-refractivity contribution in [3.05, 3.63) is 23.8 Å². The van der Waals surface area contributed by atoms with Crippen molar-refractivity contribution in [3.63, 3.8) is 0 Å². The zero-order valence-corrected chi connectivity index (χ0v) is 24.8. The fourth-order valence-corrected chi connectivity index (χ4v) is 5.31. The molecule has 0 radical (unpaired) electrons. The van der Waals surface area contributed by atoms with E-state index in [0.717, 1.165) is 18.4 Å². The number of nitrogens with zero attached hydrogens (tertiary/aromatic N) is 1. The van der Waals surface area contributed by atoms with Gasteiger partial charge in [0.15, 0.2) is 11.5 Å². The molecule has 0 bridgehead atoms. The average molecular weight is 536 g/mol. The van der Waals surface area contributed by atoms with Crippen LogP contribution in [0.4, 0.5) is 4.79 Å². The Morgan fingerprint density at radius 2 is 1.82 bits per heavy atom. The molecule has 0 aliphatic carbocycles. The van der Waals surface area contributed by atoms with E-state index in [-0.39, 0.29) is 29.6 Å². The van der Waals surface area contributed by atoms with E-state index in [1.807, 2.05) is 52.8 Å². The molecular formula is C30H49NO7. The first-order chi connectivity index (χ1) is 17.8. The summed E-state index contributed by atoms with van der Waals surface area (Å²) >= 11 is 0. The number of cyclic esters (lactones) is 1. The van der Waals surface area contributed by atoms with Gasteiger partial charge >= 0.3 is 12.1 Å². The molecule has 0 unspecified atom stereocenters. The highest BCUT2D eigenvalue weighted by atomic mass is 16.6. The maximum absolute atomic E-state index is 12.7. The zero-order valence-electron chi connectivity index (χ0n) is 24.8. The number of carbonyl (C=O) groups is 2. The van der Waals surface area contributed by atoms with Crippen LogP contribution in [0, 0.1) is 23.7 Å². The molecule has 1 N–H and O–H groups in total. The highest BCUT2D eigenvalue weighted by Gasteiger charge is 2.46. The van der Waals surface area contributed by atoms with Crippen molar-refractivity contribution in [3.8, 4) is 11.5 Å². The average Bonchev–Trinajstić information content (AvgIpc) is 3.21. The Labute approximate surface area is 229 Å². The third-order valence-electron chi connectivity index (χ3n) is 7.51. The zero-order chi connectivity index (χ0) is 28.6. The highest BCUT2D eigenvalue weighted by Crippen LogP contribution is 2.38.